The van der Waals surface area contributed by atoms with Crippen LogP contribution in [0.15, 0.2) is 47.5 Å². The van der Waals surface area contributed by atoms with Crippen LogP contribution in [-0.4, -0.2) is 54.1 Å². The number of guanidine groups is 1. The van der Waals surface area contributed by atoms with E-state index in [1.54, 1.807) is 0 Å². The number of carbonyl (C=O) groups excluding carboxylic acids is 1. The molecule has 0 bridgehead atoms. The highest BCUT2D eigenvalue weighted by atomic mass is 19.4. The monoisotopic (exact) mass is 532 g/mol. The first-order valence-corrected chi connectivity index (χ1v) is 12.6. The number of aliphatic imine (C=N–C) groups is 1. The highest BCUT2D eigenvalue weighted by molar-refractivity contribution is 5.84. The van der Waals surface area contributed by atoms with Crippen LogP contribution in [-0.2, 0) is 35.3 Å². The standard InChI is InChI=1S/C27H31F3N4O4/c28-27(29,30)22-6-3-18(4-7-22)16-34-17-21-14-23(38-12-2-11-33-26-31-9-1-10-32-26)8-5-19(21)13-20(25(34)37)15-24(35)36/h3-8,14,20H,1-2,9-13,15-17H2,(H,35,36)(H2,31,32,33)/t20-/m0/s1. The van der Waals surface area contributed by atoms with E-state index in [1.165, 1.54) is 17.0 Å². The second-order valence-corrected chi connectivity index (χ2v) is 9.46. The molecule has 3 N–H and O–H groups in total. The Balaban J connectivity index is 1.43. The Bertz CT molecular complexity index is 1170. The van der Waals surface area contributed by atoms with Gasteiger partial charge >= 0.3 is 12.1 Å². The van der Waals surface area contributed by atoms with Gasteiger partial charge < -0.3 is 25.4 Å². The van der Waals surface area contributed by atoms with Gasteiger partial charge in [-0.2, -0.15) is 13.2 Å². The summed E-state index contributed by atoms with van der Waals surface area (Å²) in [5.74, 6) is -0.747. The second-order valence-electron chi connectivity index (χ2n) is 9.46. The van der Waals surface area contributed by atoms with Gasteiger partial charge in [0.2, 0.25) is 5.91 Å². The van der Waals surface area contributed by atoms with Crippen LogP contribution in [0.25, 0.3) is 0 Å². The van der Waals surface area contributed by atoms with Gasteiger partial charge in [-0.05, 0) is 60.2 Å². The van der Waals surface area contributed by atoms with Gasteiger partial charge in [-0.25, -0.2) is 0 Å². The molecule has 0 radical (unpaired) electrons. The van der Waals surface area contributed by atoms with Crippen molar-refractivity contribution >= 4 is 17.8 Å². The van der Waals surface area contributed by atoms with Crippen LogP contribution in [0, 0.1) is 5.92 Å². The van der Waals surface area contributed by atoms with Gasteiger partial charge in [0.1, 0.15) is 5.75 Å². The first-order valence-electron chi connectivity index (χ1n) is 12.6. The Labute approximate surface area is 218 Å². The van der Waals surface area contributed by atoms with Crippen LogP contribution in [0.1, 0.15) is 41.5 Å². The van der Waals surface area contributed by atoms with E-state index in [1.807, 2.05) is 18.2 Å². The number of benzene rings is 2. The van der Waals surface area contributed by atoms with Gasteiger partial charge in [0.25, 0.3) is 0 Å². The van der Waals surface area contributed by atoms with Gasteiger partial charge in [0, 0.05) is 32.7 Å². The summed E-state index contributed by atoms with van der Waals surface area (Å²) in [7, 11) is 0. The molecular weight excluding hydrogens is 501 g/mol. The van der Waals surface area contributed by atoms with Crippen LogP contribution in [0.4, 0.5) is 13.2 Å². The highest BCUT2D eigenvalue weighted by Gasteiger charge is 2.32. The number of ether oxygens (including phenoxy) is 1. The molecule has 1 atom stereocenters. The Morgan fingerprint density at radius 3 is 2.66 bits per heavy atom. The quantitative estimate of drug-likeness (QED) is 0.427. The molecule has 0 saturated carbocycles. The van der Waals surface area contributed by atoms with Crippen LogP contribution in [0.2, 0.25) is 0 Å². The molecule has 2 aromatic rings. The fourth-order valence-electron chi connectivity index (χ4n) is 4.58. The van der Waals surface area contributed by atoms with E-state index in [0.717, 1.165) is 55.2 Å². The van der Waals surface area contributed by atoms with Crippen molar-refractivity contribution in [3.05, 3.63) is 64.7 Å². The molecule has 0 fully saturated rings. The topological polar surface area (TPSA) is 103 Å². The van der Waals surface area contributed by atoms with Crippen LogP contribution in [0.3, 0.4) is 0 Å². The van der Waals surface area contributed by atoms with Crippen molar-refractivity contribution in [2.75, 3.05) is 26.2 Å². The number of halogens is 3. The molecule has 2 aromatic carbocycles. The summed E-state index contributed by atoms with van der Waals surface area (Å²) >= 11 is 0. The van der Waals surface area contributed by atoms with Gasteiger partial charge in [-0.3, -0.25) is 14.6 Å². The lowest BCUT2D eigenvalue weighted by Crippen LogP contribution is -2.41. The fourth-order valence-corrected chi connectivity index (χ4v) is 4.58. The van der Waals surface area contributed by atoms with E-state index in [-0.39, 0.29) is 31.8 Å². The SMILES string of the molecule is O=C(O)C[C@@H]1Cc2ccc(OCCCNC3=NCCCN3)cc2CN(Cc2ccc(C(F)(F)F)cc2)C1=O. The largest absolute Gasteiger partial charge is 0.494 e. The van der Waals surface area contributed by atoms with E-state index in [0.29, 0.717) is 24.5 Å². The minimum atomic E-state index is -4.45. The number of carboxylic acids is 1. The number of amides is 1. The number of aliphatic carboxylic acids is 1. The number of rotatable bonds is 9. The van der Waals surface area contributed by atoms with E-state index < -0.39 is 23.6 Å². The van der Waals surface area contributed by atoms with Crippen molar-refractivity contribution in [2.45, 2.75) is 44.9 Å². The molecule has 2 heterocycles. The van der Waals surface area contributed by atoms with Crippen molar-refractivity contribution < 1.29 is 32.6 Å². The molecule has 2 aliphatic heterocycles. The van der Waals surface area contributed by atoms with E-state index in [9.17, 15) is 27.9 Å². The van der Waals surface area contributed by atoms with Crippen LogP contribution in [0.5, 0.6) is 5.75 Å². The van der Waals surface area contributed by atoms with Crippen molar-refractivity contribution in [3.8, 4) is 5.75 Å². The molecule has 38 heavy (non-hydrogen) atoms. The molecule has 11 heteroatoms. The number of fused-ring (bicyclic) bond motifs is 1. The maximum absolute atomic E-state index is 13.3. The van der Waals surface area contributed by atoms with Crippen molar-refractivity contribution in [2.24, 2.45) is 10.9 Å². The third-order valence-electron chi connectivity index (χ3n) is 6.52. The molecule has 204 valence electrons. The van der Waals surface area contributed by atoms with Crippen LogP contribution < -0.4 is 15.4 Å². The normalized spacial score (nSPS) is 17.7. The predicted molar refractivity (Wildman–Crippen MR) is 135 cm³/mol. The Kier molecular flexibility index (Phi) is 8.75. The molecule has 0 spiro atoms. The summed E-state index contributed by atoms with van der Waals surface area (Å²) < 4.78 is 44.7. The van der Waals surface area contributed by atoms with Gasteiger partial charge in [0.15, 0.2) is 5.96 Å². The zero-order chi connectivity index (χ0) is 27.1. The number of nitrogens with one attached hydrogen (secondary N) is 2. The smallest absolute Gasteiger partial charge is 0.416 e. The summed E-state index contributed by atoms with van der Waals surface area (Å²) in [6, 6.07) is 10.2. The number of hydrogen-bond acceptors (Lipinski definition) is 6. The van der Waals surface area contributed by atoms with Crippen molar-refractivity contribution in [1.82, 2.24) is 15.5 Å². The Morgan fingerprint density at radius 1 is 1.18 bits per heavy atom. The maximum Gasteiger partial charge on any atom is 0.416 e. The zero-order valence-corrected chi connectivity index (χ0v) is 20.9. The van der Waals surface area contributed by atoms with E-state index in [4.69, 9.17) is 4.74 Å². The third-order valence-corrected chi connectivity index (χ3v) is 6.52. The Hall–Kier alpha value is -3.76. The lowest BCUT2D eigenvalue weighted by molar-refractivity contribution is -0.144. The van der Waals surface area contributed by atoms with Crippen molar-refractivity contribution in [1.29, 1.82) is 0 Å². The zero-order valence-electron chi connectivity index (χ0n) is 20.9. The first-order chi connectivity index (χ1) is 18.2. The van der Waals surface area contributed by atoms with Gasteiger partial charge in [-0.1, -0.05) is 18.2 Å². The summed E-state index contributed by atoms with van der Waals surface area (Å²) in [6.45, 7) is 3.16. The minimum Gasteiger partial charge on any atom is -0.494 e. The summed E-state index contributed by atoms with van der Waals surface area (Å²) in [5, 5.41) is 15.8. The molecular formula is C27H31F3N4O4. The average Bonchev–Trinajstić information content (AvgIpc) is 3.00. The number of carboxylic acid groups (broad SMARTS) is 1. The molecule has 2 aliphatic rings. The second kappa shape index (κ2) is 12.2. The number of nitrogens with zero attached hydrogens (tertiary/aromatic N) is 2. The lowest BCUT2D eigenvalue weighted by Gasteiger charge is -2.24. The van der Waals surface area contributed by atoms with E-state index >= 15 is 0 Å². The molecule has 8 nitrogen and oxygen atoms in total. The third kappa shape index (κ3) is 7.39. The summed E-state index contributed by atoms with van der Waals surface area (Å²) in [4.78, 5) is 30.6. The van der Waals surface area contributed by atoms with Gasteiger partial charge in [0.05, 0.1) is 24.5 Å². The molecule has 0 unspecified atom stereocenters. The number of carbonyl (C=O) groups is 2. The van der Waals surface area contributed by atoms with E-state index in [2.05, 4.69) is 15.6 Å². The lowest BCUT2D eigenvalue weighted by atomic mass is 9.94. The molecule has 1 amide bonds. The molecule has 0 aromatic heterocycles. The Morgan fingerprint density at radius 2 is 1.97 bits per heavy atom. The number of hydrogen-bond donors (Lipinski definition) is 3. The summed E-state index contributed by atoms with van der Waals surface area (Å²) in [5.41, 5.74) is 1.45. The number of alkyl halides is 3. The minimum absolute atomic E-state index is 0.0706. The maximum atomic E-state index is 13.3. The van der Waals surface area contributed by atoms with Gasteiger partial charge in [-0.15, -0.1) is 0 Å². The average molecular weight is 533 g/mol. The van der Waals surface area contributed by atoms with Crippen LogP contribution >= 0.6 is 0 Å². The molecule has 4 rings (SSSR count). The molecule has 0 saturated heterocycles. The summed E-state index contributed by atoms with van der Waals surface area (Å²) in [6.07, 6.45) is -2.74. The molecule has 0 aliphatic carbocycles. The van der Waals surface area contributed by atoms with Crippen molar-refractivity contribution in [3.63, 3.8) is 0 Å². The fraction of sp³-hybridized carbons (Fsp3) is 0.444. The first kappa shape index (κ1) is 27.3. The highest BCUT2D eigenvalue weighted by Crippen LogP contribution is 2.31. The predicted octanol–water partition coefficient (Wildman–Crippen LogP) is 3.59.